The molecular formula is C13H14N2O3S3. The summed E-state index contributed by atoms with van der Waals surface area (Å²) in [5, 5.41) is 0. The first-order valence-electron chi connectivity index (χ1n) is 5.90. The van der Waals surface area contributed by atoms with Crippen LogP contribution in [0, 0.1) is 6.92 Å². The number of hydrogen-bond acceptors (Lipinski definition) is 5. The summed E-state index contributed by atoms with van der Waals surface area (Å²) in [5.74, 6) is 0.454. The zero-order chi connectivity index (χ0) is 15.6. The van der Waals surface area contributed by atoms with Crippen LogP contribution in [0.1, 0.15) is 10.4 Å². The van der Waals surface area contributed by atoms with Crippen molar-refractivity contribution < 1.29 is 13.2 Å². The van der Waals surface area contributed by atoms with Crippen molar-refractivity contribution in [2.75, 3.05) is 11.8 Å². The minimum atomic E-state index is -3.70. The number of rotatable bonds is 5. The fourth-order valence-corrected chi connectivity index (χ4v) is 4.11. The number of nitrogens with two attached hydrogens (primary N) is 1. The maximum atomic E-state index is 12.4. The molecule has 0 aliphatic carbocycles. The molecule has 0 fully saturated rings. The summed E-state index contributed by atoms with van der Waals surface area (Å²) in [7, 11) is -2.22. The number of thiocarbonyl (C=S) groups is 1. The Morgan fingerprint density at radius 1 is 1.33 bits per heavy atom. The van der Waals surface area contributed by atoms with Gasteiger partial charge in [0.25, 0.3) is 10.0 Å². The molecule has 1 aromatic heterocycles. The van der Waals surface area contributed by atoms with Gasteiger partial charge < -0.3 is 10.5 Å². The number of aryl methyl sites for hydroxylation is 1. The summed E-state index contributed by atoms with van der Waals surface area (Å²) >= 11 is 5.86. The highest BCUT2D eigenvalue weighted by Gasteiger charge is 2.19. The molecule has 0 amide bonds. The Bertz CT molecular complexity index is 782. The molecule has 5 nitrogen and oxygen atoms in total. The van der Waals surface area contributed by atoms with E-state index >= 15 is 0 Å². The Morgan fingerprint density at radius 2 is 2.05 bits per heavy atom. The minimum absolute atomic E-state index is 0.147. The Kier molecular flexibility index (Phi) is 4.50. The van der Waals surface area contributed by atoms with Gasteiger partial charge in [-0.15, -0.1) is 11.3 Å². The second kappa shape index (κ2) is 6.00. The maximum absolute atomic E-state index is 12.4. The van der Waals surface area contributed by atoms with Crippen molar-refractivity contribution >= 4 is 44.3 Å². The van der Waals surface area contributed by atoms with Gasteiger partial charge in [-0.1, -0.05) is 18.3 Å². The topological polar surface area (TPSA) is 81.4 Å². The average molecular weight is 342 g/mol. The van der Waals surface area contributed by atoms with Crippen LogP contribution in [0.4, 0.5) is 5.69 Å². The normalized spacial score (nSPS) is 11.1. The van der Waals surface area contributed by atoms with Crippen molar-refractivity contribution in [3.05, 3.63) is 40.8 Å². The number of methoxy groups -OCH3 is 1. The standard InChI is InChI=1S/C13H14N2O3S3/c1-8-3-4-10(18-2)9(7-8)15-21(16,17)12-6-5-11(20-12)13(14)19/h3-7,15H,1-2H3,(H2,14,19). The van der Waals surface area contributed by atoms with Gasteiger partial charge in [0.15, 0.2) is 0 Å². The van der Waals surface area contributed by atoms with E-state index in [0.717, 1.165) is 16.9 Å². The Hall–Kier alpha value is -1.64. The van der Waals surface area contributed by atoms with Crippen molar-refractivity contribution in [2.45, 2.75) is 11.1 Å². The van der Waals surface area contributed by atoms with E-state index in [1.807, 2.05) is 13.0 Å². The highest BCUT2D eigenvalue weighted by atomic mass is 32.2. The van der Waals surface area contributed by atoms with Gasteiger partial charge >= 0.3 is 0 Å². The third-order valence-corrected chi connectivity index (χ3v) is 6.01. The zero-order valence-corrected chi connectivity index (χ0v) is 13.9. The fraction of sp³-hybridized carbons (Fsp3) is 0.154. The highest BCUT2D eigenvalue weighted by molar-refractivity contribution is 7.94. The molecule has 21 heavy (non-hydrogen) atoms. The van der Waals surface area contributed by atoms with Gasteiger partial charge in [-0.05, 0) is 36.8 Å². The Labute approximate surface area is 132 Å². The molecule has 8 heteroatoms. The van der Waals surface area contributed by atoms with E-state index in [-0.39, 0.29) is 9.20 Å². The molecule has 112 valence electrons. The Morgan fingerprint density at radius 3 is 2.62 bits per heavy atom. The monoisotopic (exact) mass is 342 g/mol. The van der Waals surface area contributed by atoms with E-state index in [2.05, 4.69) is 4.72 Å². The van der Waals surface area contributed by atoms with Crippen molar-refractivity contribution in [1.82, 2.24) is 0 Å². The van der Waals surface area contributed by atoms with Crippen LogP contribution in [0.3, 0.4) is 0 Å². The smallest absolute Gasteiger partial charge is 0.271 e. The molecule has 0 bridgehead atoms. The highest BCUT2D eigenvalue weighted by Crippen LogP contribution is 2.29. The Balaban J connectivity index is 2.37. The first-order valence-corrected chi connectivity index (χ1v) is 8.61. The van der Waals surface area contributed by atoms with E-state index in [1.54, 1.807) is 18.2 Å². The molecule has 1 aromatic carbocycles. The van der Waals surface area contributed by atoms with E-state index in [1.165, 1.54) is 13.2 Å². The average Bonchev–Trinajstić information content (AvgIpc) is 2.89. The molecule has 0 radical (unpaired) electrons. The van der Waals surface area contributed by atoms with E-state index in [4.69, 9.17) is 22.7 Å². The summed E-state index contributed by atoms with van der Waals surface area (Å²) in [4.78, 5) is 0.733. The van der Waals surface area contributed by atoms with Gasteiger partial charge in [-0.2, -0.15) is 0 Å². The minimum Gasteiger partial charge on any atom is -0.495 e. The molecule has 3 N–H and O–H groups in total. The third kappa shape index (κ3) is 3.52. The van der Waals surface area contributed by atoms with Crippen molar-refractivity contribution in [1.29, 1.82) is 0 Å². The summed E-state index contributed by atoms with van der Waals surface area (Å²) in [6, 6.07) is 8.33. The molecule has 0 atom stereocenters. The van der Waals surface area contributed by atoms with Crippen molar-refractivity contribution in [2.24, 2.45) is 5.73 Å². The first-order chi connectivity index (χ1) is 9.83. The summed E-state index contributed by atoms with van der Waals surface area (Å²) in [5.41, 5.74) is 6.81. The summed E-state index contributed by atoms with van der Waals surface area (Å²) in [6.45, 7) is 1.87. The van der Waals surface area contributed by atoms with E-state index < -0.39 is 10.0 Å². The predicted octanol–water partition coefficient (Wildman–Crippen LogP) is 2.50. The lowest BCUT2D eigenvalue weighted by molar-refractivity contribution is 0.417. The number of anilines is 1. The van der Waals surface area contributed by atoms with E-state index in [0.29, 0.717) is 16.3 Å². The molecule has 0 saturated carbocycles. The zero-order valence-electron chi connectivity index (χ0n) is 11.4. The van der Waals surface area contributed by atoms with Crippen LogP contribution in [0.15, 0.2) is 34.5 Å². The summed E-state index contributed by atoms with van der Waals surface area (Å²) < 4.78 is 32.6. The third-order valence-electron chi connectivity index (χ3n) is 2.69. The molecule has 0 aliphatic rings. The maximum Gasteiger partial charge on any atom is 0.271 e. The molecule has 2 aromatic rings. The lowest BCUT2D eigenvalue weighted by Crippen LogP contribution is -2.12. The van der Waals surface area contributed by atoms with Gasteiger partial charge in [0.05, 0.1) is 17.7 Å². The number of nitrogens with one attached hydrogen (secondary N) is 1. The SMILES string of the molecule is COc1ccc(C)cc1NS(=O)(=O)c1ccc(C(N)=S)s1. The van der Waals surface area contributed by atoms with Crippen LogP contribution in [-0.2, 0) is 10.0 Å². The van der Waals surface area contributed by atoms with Gasteiger partial charge in [0.2, 0.25) is 0 Å². The molecule has 0 spiro atoms. The molecule has 0 aliphatic heterocycles. The summed E-state index contributed by atoms with van der Waals surface area (Å²) in [6.07, 6.45) is 0. The number of sulfonamides is 1. The van der Waals surface area contributed by atoms with Gasteiger partial charge in [-0.25, -0.2) is 8.42 Å². The first kappa shape index (κ1) is 15.7. The number of benzene rings is 1. The molecular weight excluding hydrogens is 328 g/mol. The molecule has 2 rings (SSSR count). The van der Waals surface area contributed by atoms with Crippen molar-refractivity contribution in [3.63, 3.8) is 0 Å². The van der Waals surface area contributed by atoms with Crippen LogP contribution in [0.2, 0.25) is 0 Å². The van der Waals surface area contributed by atoms with Crippen molar-refractivity contribution in [3.8, 4) is 5.75 Å². The van der Waals surface area contributed by atoms with Gasteiger partial charge in [0, 0.05) is 0 Å². The van der Waals surface area contributed by atoms with Gasteiger partial charge in [0.1, 0.15) is 14.9 Å². The second-order valence-corrected chi connectivity index (χ2v) is 7.73. The van der Waals surface area contributed by atoms with Gasteiger partial charge in [-0.3, -0.25) is 4.72 Å². The van der Waals surface area contributed by atoms with Crippen LogP contribution < -0.4 is 15.2 Å². The van der Waals surface area contributed by atoms with Crippen LogP contribution in [-0.4, -0.2) is 20.5 Å². The lowest BCUT2D eigenvalue weighted by atomic mass is 10.2. The quantitative estimate of drug-likeness (QED) is 0.816. The van der Waals surface area contributed by atoms with Crippen LogP contribution >= 0.6 is 23.6 Å². The number of hydrogen-bond donors (Lipinski definition) is 2. The lowest BCUT2D eigenvalue weighted by Gasteiger charge is -2.11. The van der Waals surface area contributed by atoms with Crippen LogP contribution in [0.5, 0.6) is 5.75 Å². The second-order valence-electron chi connectivity index (χ2n) is 4.29. The van der Waals surface area contributed by atoms with E-state index in [9.17, 15) is 8.42 Å². The number of ether oxygens (including phenoxy) is 1. The fourth-order valence-electron chi connectivity index (χ4n) is 1.69. The molecule has 0 unspecified atom stereocenters. The molecule has 0 saturated heterocycles. The predicted molar refractivity (Wildman–Crippen MR) is 88.7 cm³/mol. The number of thiophene rings is 1. The molecule has 1 heterocycles. The van der Waals surface area contributed by atoms with Crippen LogP contribution in [0.25, 0.3) is 0 Å². The largest absolute Gasteiger partial charge is 0.495 e.